The number of nitrogens with one attached hydrogen (secondary N) is 2. The zero-order valence-corrected chi connectivity index (χ0v) is 13.5. The first-order chi connectivity index (χ1) is 9.95. The largest absolute Gasteiger partial charge is 0.444 e. The monoisotopic (exact) mass is 359 g/mol. The van der Waals surface area contributed by atoms with Gasteiger partial charge in [-0.25, -0.2) is 0 Å². The van der Waals surface area contributed by atoms with Crippen molar-refractivity contribution in [2.75, 3.05) is 19.7 Å². The summed E-state index contributed by atoms with van der Waals surface area (Å²) in [5.41, 5.74) is 4.69. The van der Waals surface area contributed by atoms with Crippen LogP contribution in [-0.4, -0.2) is 48.6 Å². The summed E-state index contributed by atoms with van der Waals surface area (Å²) < 4.78 is 11.0. The van der Waals surface area contributed by atoms with Crippen LogP contribution >= 0.6 is 15.9 Å². The molecule has 0 aliphatic carbocycles. The number of hydrazine groups is 1. The normalized spacial score (nSPS) is 22.8. The fourth-order valence-corrected chi connectivity index (χ4v) is 2.35. The molecule has 2 atom stereocenters. The highest BCUT2D eigenvalue weighted by atomic mass is 79.9. The van der Waals surface area contributed by atoms with Crippen LogP contribution < -0.4 is 10.9 Å². The molecular formula is C13H18BrN3O4. The van der Waals surface area contributed by atoms with Crippen LogP contribution in [0.2, 0.25) is 0 Å². The first-order valence-corrected chi connectivity index (χ1v) is 7.45. The van der Waals surface area contributed by atoms with E-state index in [2.05, 4.69) is 26.8 Å². The Bertz CT molecular complexity index is 519. The van der Waals surface area contributed by atoms with Crippen LogP contribution in [0, 0.1) is 0 Å². The van der Waals surface area contributed by atoms with E-state index < -0.39 is 5.91 Å². The van der Waals surface area contributed by atoms with Crippen molar-refractivity contribution in [2.24, 2.45) is 0 Å². The van der Waals surface area contributed by atoms with Crippen molar-refractivity contribution in [3.8, 4) is 0 Å². The van der Waals surface area contributed by atoms with Gasteiger partial charge in [-0.1, -0.05) is 0 Å². The Morgan fingerprint density at radius 1 is 1.38 bits per heavy atom. The maximum atomic E-state index is 11.9. The molecule has 0 aromatic carbocycles. The predicted molar refractivity (Wildman–Crippen MR) is 78.5 cm³/mol. The minimum absolute atomic E-state index is 0.101. The molecule has 1 fully saturated rings. The van der Waals surface area contributed by atoms with Crippen molar-refractivity contribution in [3.05, 3.63) is 22.6 Å². The minimum atomic E-state index is -0.502. The fourth-order valence-electron chi connectivity index (χ4n) is 2.04. The highest BCUT2D eigenvalue weighted by molar-refractivity contribution is 9.10. The number of morpholine rings is 1. The molecular weight excluding hydrogens is 342 g/mol. The summed E-state index contributed by atoms with van der Waals surface area (Å²) in [5, 5.41) is 0. The molecule has 2 heterocycles. The van der Waals surface area contributed by atoms with Crippen LogP contribution in [0.3, 0.4) is 0 Å². The number of carbonyl (C=O) groups is 2. The Morgan fingerprint density at radius 2 is 2.14 bits per heavy atom. The number of hydrogen-bond donors (Lipinski definition) is 2. The van der Waals surface area contributed by atoms with Crippen molar-refractivity contribution in [1.29, 1.82) is 0 Å². The highest BCUT2D eigenvalue weighted by Gasteiger charge is 2.25. The number of halogens is 1. The third-order valence-corrected chi connectivity index (χ3v) is 3.62. The quantitative estimate of drug-likeness (QED) is 0.783. The number of nitrogens with zero attached hydrogens (tertiary/aromatic N) is 1. The zero-order chi connectivity index (χ0) is 15.4. The van der Waals surface area contributed by atoms with Crippen molar-refractivity contribution >= 4 is 27.7 Å². The van der Waals surface area contributed by atoms with Gasteiger partial charge in [-0.15, -0.1) is 0 Å². The molecule has 2 amide bonds. The summed E-state index contributed by atoms with van der Waals surface area (Å²) in [7, 11) is 0. The molecule has 1 aliphatic heterocycles. The molecule has 1 aromatic heterocycles. The Kier molecular flexibility index (Phi) is 5.38. The molecule has 0 radical (unpaired) electrons. The minimum Gasteiger partial charge on any atom is -0.444 e. The van der Waals surface area contributed by atoms with Gasteiger partial charge in [0.25, 0.3) is 5.91 Å². The van der Waals surface area contributed by atoms with Gasteiger partial charge in [0.05, 0.1) is 19.3 Å². The average molecular weight is 360 g/mol. The second-order valence-electron chi connectivity index (χ2n) is 5.03. The Hall–Kier alpha value is -1.38. The van der Waals surface area contributed by atoms with Gasteiger partial charge in [0.2, 0.25) is 0 Å². The number of furan rings is 1. The van der Waals surface area contributed by atoms with Crippen LogP contribution in [0.25, 0.3) is 0 Å². The van der Waals surface area contributed by atoms with Gasteiger partial charge in [0.15, 0.2) is 10.4 Å². The summed E-state index contributed by atoms with van der Waals surface area (Å²) in [4.78, 5) is 25.6. The van der Waals surface area contributed by atoms with Crippen LogP contribution in [-0.2, 0) is 9.53 Å². The van der Waals surface area contributed by atoms with Crippen LogP contribution in [0.4, 0.5) is 0 Å². The van der Waals surface area contributed by atoms with Gasteiger partial charge in [-0.05, 0) is 41.9 Å². The second-order valence-corrected chi connectivity index (χ2v) is 5.81. The Labute approximate surface area is 131 Å². The van der Waals surface area contributed by atoms with Crippen LogP contribution in [0.1, 0.15) is 24.4 Å². The number of rotatable bonds is 3. The maximum absolute atomic E-state index is 11.9. The van der Waals surface area contributed by atoms with Crippen LogP contribution in [0.5, 0.6) is 0 Å². The van der Waals surface area contributed by atoms with E-state index in [4.69, 9.17) is 9.15 Å². The number of carbonyl (C=O) groups excluding carboxylic acids is 2. The summed E-state index contributed by atoms with van der Waals surface area (Å²) in [6.45, 7) is 5.46. The molecule has 1 aliphatic rings. The molecule has 0 unspecified atom stereocenters. The van der Waals surface area contributed by atoms with E-state index in [-0.39, 0.29) is 30.4 Å². The predicted octanol–water partition coefficient (Wildman–Crippen LogP) is 0.912. The van der Waals surface area contributed by atoms with Crippen molar-refractivity contribution in [3.63, 3.8) is 0 Å². The lowest BCUT2D eigenvalue weighted by molar-refractivity contribution is -0.126. The molecule has 1 saturated heterocycles. The molecule has 2 N–H and O–H groups in total. The van der Waals surface area contributed by atoms with E-state index in [0.717, 1.165) is 0 Å². The Balaban J connectivity index is 1.78. The lowest BCUT2D eigenvalue weighted by Crippen LogP contribution is -2.53. The highest BCUT2D eigenvalue weighted by Crippen LogP contribution is 2.13. The van der Waals surface area contributed by atoms with Crippen LogP contribution in [0.15, 0.2) is 21.2 Å². The second kappa shape index (κ2) is 7.06. The standard InChI is InChI=1S/C13H18BrN3O4/c1-8-7-20-9(2)5-17(8)6-12(18)15-16-13(19)10-3-4-11(14)21-10/h3-4,8-9H,5-7H2,1-2H3,(H,15,18)(H,16,19)/t8-,9-/m0/s1. The molecule has 2 rings (SSSR count). The molecule has 1 aromatic rings. The lowest BCUT2D eigenvalue weighted by atomic mass is 10.2. The smallest absolute Gasteiger partial charge is 0.305 e. The lowest BCUT2D eigenvalue weighted by Gasteiger charge is -2.36. The third kappa shape index (κ3) is 4.55. The molecule has 7 nitrogen and oxygen atoms in total. The van der Waals surface area contributed by atoms with E-state index in [1.54, 1.807) is 6.07 Å². The van der Waals surface area contributed by atoms with E-state index in [0.29, 0.717) is 17.8 Å². The first-order valence-electron chi connectivity index (χ1n) is 6.66. The molecule has 21 heavy (non-hydrogen) atoms. The molecule has 0 spiro atoms. The summed E-state index contributed by atoms with van der Waals surface area (Å²) in [6, 6.07) is 3.29. The van der Waals surface area contributed by atoms with Crippen molar-refractivity contribution < 1.29 is 18.7 Å². The van der Waals surface area contributed by atoms with E-state index >= 15 is 0 Å². The summed E-state index contributed by atoms with van der Waals surface area (Å²) >= 11 is 3.11. The SMILES string of the molecule is C[C@H]1CN(CC(=O)NNC(=O)c2ccc(Br)o2)[C@@H](C)CO1. The van der Waals surface area contributed by atoms with E-state index in [1.807, 2.05) is 18.7 Å². The molecule has 0 bridgehead atoms. The van der Waals surface area contributed by atoms with Gasteiger partial charge in [0.1, 0.15) is 0 Å². The Morgan fingerprint density at radius 3 is 2.81 bits per heavy atom. The van der Waals surface area contributed by atoms with Gasteiger partial charge in [0, 0.05) is 12.6 Å². The van der Waals surface area contributed by atoms with Gasteiger partial charge in [-0.2, -0.15) is 0 Å². The molecule has 0 saturated carbocycles. The average Bonchev–Trinajstić information content (AvgIpc) is 2.87. The molecule has 8 heteroatoms. The zero-order valence-electron chi connectivity index (χ0n) is 11.9. The number of amides is 2. The number of hydrogen-bond acceptors (Lipinski definition) is 5. The van der Waals surface area contributed by atoms with E-state index in [1.165, 1.54) is 6.07 Å². The maximum Gasteiger partial charge on any atom is 0.305 e. The van der Waals surface area contributed by atoms with Gasteiger partial charge in [-0.3, -0.25) is 25.3 Å². The van der Waals surface area contributed by atoms with Crippen molar-refractivity contribution in [2.45, 2.75) is 26.0 Å². The van der Waals surface area contributed by atoms with E-state index in [9.17, 15) is 9.59 Å². The molecule has 116 valence electrons. The number of ether oxygens (including phenoxy) is 1. The van der Waals surface area contributed by atoms with Gasteiger partial charge >= 0.3 is 5.91 Å². The fraction of sp³-hybridized carbons (Fsp3) is 0.538. The summed E-state index contributed by atoms with van der Waals surface area (Å²) in [6.07, 6.45) is 0.101. The summed E-state index contributed by atoms with van der Waals surface area (Å²) in [5.74, 6) is -0.664. The first kappa shape index (κ1) is 16.0. The van der Waals surface area contributed by atoms with Gasteiger partial charge < -0.3 is 9.15 Å². The third-order valence-electron chi connectivity index (χ3n) is 3.20. The topological polar surface area (TPSA) is 83.8 Å². The van der Waals surface area contributed by atoms with Crippen molar-refractivity contribution in [1.82, 2.24) is 15.8 Å².